The lowest BCUT2D eigenvalue weighted by Crippen LogP contribution is -1.96. The molecule has 1 N–H and O–H groups in total. The molecular formula is C21H22O4. The maximum atomic E-state index is 12.2. The van der Waals surface area contributed by atoms with E-state index in [-0.39, 0.29) is 17.1 Å². The molecule has 0 aliphatic carbocycles. The van der Waals surface area contributed by atoms with Crippen molar-refractivity contribution in [1.29, 1.82) is 0 Å². The molecule has 0 aromatic heterocycles. The SMILES string of the molecule is COc1ccc(C(=O)C=Cc2ccc(OCC=C(C)C)cc2)c(O)c1. The van der Waals surface area contributed by atoms with Crippen LogP contribution < -0.4 is 9.47 Å². The van der Waals surface area contributed by atoms with Gasteiger partial charge in [-0.15, -0.1) is 0 Å². The molecule has 0 atom stereocenters. The fraction of sp³-hybridized carbons (Fsp3) is 0.190. The van der Waals surface area contributed by atoms with Gasteiger partial charge in [-0.05, 0) is 55.8 Å². The highest BCUT2D eigenvalue weighted by Gasteiger charge is 2.09. The minimum absolute atomic E-state index is 0.1000. The maximum absolute atomic E-state index is 12.2. The first-order valence-electron chi connectivity index (χ1n) is 7.95. The van der Waals surface area contributed by atoms with Crippen molar-refractivity contribution in [2.24, 2.45) is 0 Å². The van der Waals surface area contributed by atoms with Gasteiger partial charge in [0.1, 0.15) is 23.9 Å². The number of aromatic hydroxyl groups is 1. The quantitative estimate of drug-likeness (QED) is 0.454. The van der Waals surface area contributed by atoms with Crippen molar-refractivity contribution in [1.82, 2.24) is 0 Å². The van der Waals surface area contributed by atoms with Crippen LogP contribution >= 0.6 is 0 Å². The molecule has 0 bridgehead atoms. The molecule has 4 nitrogen and oxygen atoms in total. The average molecular weight is 338 g/mol. The highest BCUT2D eigenvalue weighted by atomic mass is 16.5. The number of methoxy groups -OCH3 is 1. The standard InChI is InChI=1S/C21H22O4/c1-15(2)12-13-25-17-7-4-16(5-8-17)6-11-20(22)19-10-9-18(24-3)14-21(19)23/h4-12,14,23H,13H2,1-3H3. The van der Waals surface area contributed by atoms with E-state index in [1.165, 1.54) is 24.8 Å². The van der Waals surface area contributed by atoms with E-state index >= 15 is 0 Å². The monoisotopic (exact) mass is 338 g/mol. The number of phenolic OH excluding ortho intramolecular Hbond substituents is 1. The Balaban J connectivity index is 2.01. The summed E-state index contributed by atoms with van der Waals surface area (Å²) in [5.74, 6) is 0.900. The number of ether oxygens (including phenoxy) is 2. The molecule has 0 amide bonds. The van der Waals surface area contributed by atoms with E-state index < -0.39 is 0 Å². The Morgan fingerprint density at radius 3 is 2.36 bits per heavy atom. The first-order chi connectivity index (χ1) is 12.0. The summed E-state index contributed by atoms with van der Waals surface area (Å²) in [4.78, 5) is 12.2. The Bertz CT molecular complexity index is 782. The van der Waals surface area contributed by atoms with Gasteiger partial charge in [0.25, 0.3) is 0 Å². The molecular weight excluding hydrogens is 316 g/mol. The van der Waals surface area contributed by atoms with Crippen LogP contribution in [0.25, 0.3) is 6.08 Å². The Labute approximate surface area is 148 Å². The molecule has 25 heavy (non-hydrogen) atoms. The Morgan fingerprint density at radius 2 is 1.76 bits per heavy atom. The zero-order valence-electron chi connectivity index (χ0n) is 14.7. The maximum Gasteiger partial charge on any atom is 0.189 e. The molecule has 2 rings (SSSR count). The van der Waals surface area contributed by atoms with Gasteiger partial charge in [-0.3, -0.25) is 4.79 Å². The van der Waals surface area contributed by atoms with Crippen molar-refractivity contribution >= 4 is 11.9 Å². The molecule has 0 saturated heterocycles. The zero-order chi connectivity index (χ0) is 18.2. The molecule has 0 aliphatic heterocycles. The van der Waals surface area contributed by atoms with Crippen LogP contribution in [0.1, 0.15) is 29.8 Å². The second-order valence-electron chi connectivity index (χ2n) is 5.74. The molecule has 0 heterocycles. The van der Waals surface area contributed by atoms with Crippen LogP contribution in [-0.4, -0.2) is 24.6 Å². The lowest BCUT2D eigenvalue weighted by Gasteiger charge is -2.04. The van der Waals surface area contributed by atoms with Gasteiger partial charge < -0.3 is 14.6 Å². The number of benzene rings is 2. The Hall–Kier alpha value is -3.01. The number of ketones is 1. The minimum Gasteiger partial charge on any atom is -0.507 e. The molecule has 0 radical (unpaired) electrons. The van der Waals surface area contributed by atoms with Crippen molar-refractivity contribution in [3.8, 4) is 17.2 Å². The molecule has 0 unspecified atom stereocenters. The predicted molar refractivity (Wildman–Crippen MR) is 99.4 cm³/mol. The second kappa shape index (κ2) is 8.73. The average Bonchev–Trinajstić information content (AvgIpc) is 2.60. The largest absolute Gasteiger partial charge is 0.507 e. The molecule has 0 saturated carbocycles. The third-order valence-corrected chi connectivity index (χ3v) is 3.52. The molecule has 2 aromatic rings. The summed E-state index contributed by atoms with van der Waals surface area (Å²) >= 11 is 0. The summed E-state index contributed by atoms with van der Waals surface area (Å²) in [6.45, 7) is 4.58. The lowest BCUT2D eigenvalue weighted by molar-refractivity contribution is 0.104. The number of carbonyl (C=O) groups excluding carboxylic acids is 1. The van der Waals surface area contributed by atoms with Gasteiger partial charge in [-0.25, -0.2) is 0 Å². The fourth-order valence-electron chi connectivity index (χ4n) is 2.09. The lowest BCUT2D eigenvalue weighted by atomic mass is 10.1. The molecule has 4 heteroatoms. The smallest absolute Gasteiger partial charge is 0.189 e. The highest BCUT2D eigenvalue weighted by molar-refractivity contribution is 6.08. The predicted octanol–water partition coefficient (Wildman–Crippen LogP) is 4.64. The number of allylic oxidation sites excluding steroid dienone is 2. The minimum atomic E-state index is -0.274. The number of rotatable bonds is 7. The van der Waals surface area contributed by atoms with Gasteiger partial charge in [0.2, 0.25) is 0 Å². The molecule has 2 aromatic carbocycles. The summed E-state index contributed by atoms with van der Waals surface area (Å²) in [7, 11) is 1.50. The molecule has 0 fully saturated rings. The number of carbonyl (C=O) groups is 1. The van der Waals surface area contributed by atoms with E-state index in [0.29, 0.717) is 12.4 Å². The van der Waals surface area contributed by atoms with Gasteiger partial charge in [-0.2, -0.15) is 0 Å². The fourth-order valence-corrected chi connectivity index (χ4v) is 2.09. The van der Waals surface area contributed by atoms with E-state index in [0.717, 1.165) is 11.3 Å². The highest BCUT2D eigenvalue weighted by Crippen LogP contribution is 2.24. The van der Waals surface area contributed by atoms with Gasteiger partial charge in [-0.1, -0.05) is 23.8 Å². The second-order valence-corrected chi connectivity index (χ2v) is 5.74. The zero-order valence-corrected chi connectivity index (χ0v) is 14.7. The van der Waals surface area contributed by atoms with Crippen molar-refractivity contribution in [3.63, 3.8) is 0 Å². The molecule has 0 aliphatic rings. The number of phenols is 1. The van der Waals surface area contributed by atoms with Crippen LogP contribution in [0.5, 0.6) is 17.2 Å². The summed E-state index contributed by atoms with van der Waals surface area (Å²) in [6, 6.07) is 12.0. The van der Waals surface area contributed by atoms with E-state index in [9.17, 15) is 9.90 Å². The normalized spacial score (nSPS) is 10.5. The van der Waals surface area contributed by atoms with Gasteiger partial charge in [0, 0.05) is 6.07 Å². The Kier molecular flexibility index (Phi) is 6.40. The van der Waals surface area contributed by atoms with Crippen molar-refractivity contribution < 1.29 is 19.4 Å². The topological polar surface area (TPSA) is 55.8 Å². The van der Waals surface area contributed by atoms with Crippen molar-refractivity contribution in [3.05, 3.63) is 71.3 Å². The number of hydrogen-bond acceptors (Lipinski definition) is 4. The van der Waals surface area contributed by atoms with Crippen LogP contribution in [0, 0.1) is 0 Å². The van der Waals surface area contributed by atoms with E-state index in [1.54, 1.807) is 18.2 Å². The van der Waals surface area contributed by atoms with Crippen LogP contribution in [-0.2, 0) is 0 Å². The van der Waals surface area contributed by atoms with E-state index in [2.05, 4.69) is 0 Å². The summed E-state index contributed by atoms with van der Waals surface area (Å²) < 4.78 is 10.6. The molecule has 0 spiro atoms. The van der Waals surface area contributed by atoms with Crippen LogP contribution in [0.15, 0.2) is 60.2 Å². The van der Waals surface area contributed by atoms with E-state index in [4.69, 9.17) is 9.47 Å². The third-order valence-electron chi connectivity index (χ3n) is 3.52. The van der Waals surface area contributed by atoms with E-state index in [1.807, 2.05) is 44.2 Å². The first kappa shape index (κ1) is 18.3. The van der Waals surface area contributed by atoms with Crippen LogP contribution in [0.3, 0.4) is 0 Å². The summed E-state index contributed by atoms with van der Waals surface area (Å²) in [6.07, 6.45) is 5.14. The summed E-state index contributed by atoms with van der Waals surface area (Å²) in [5.41, 5.74) is 2.31. The van der Waals surface area contributed by atoms with Gasteiger partial charge >= 0.3 is 0 Å². The van der Waals surface area contributed by atoms with Gasteiger partial charge in [0.15, 0.2) is 5.78 Å². The first-order valence-corrected chi connectivity index (χ1v) is 7.95. The Morgan fingerprint density at radius 1 is 1.08 bits per heavy atom. The third kappa shape index (κ3) is 5.53. The summed E-state index contributed by atoms with van der Waals surface area (Å²) in [5, 5.41) is 9.89. The number of hydrogen-bond donors (Lipinski definition) is 1. The molecule has 130 valence electrons. The van der Waals surface area contributed by atoms with Crippen molar-refractivity contribution in [2.45, 2.75) is 13.8 Å². The van der Waals surface area contributed by atoms with Crippen molar-refractivity contribution in [2.75, 3.05) is 13.7 Å². The van der Waals surface area contributed by atoms with Crippen LogP contribution in [0.4, 0.5) is 0 Å². The van der Waals surface area contributed by atoms with Gasteiger partial charge in [0.05, 0.1) is 12.7 Å². The van der Waals surface area contributed by atoms with Crippen LogP contribution in [0.2, 0.25) is 0 Å².